The van der Waals surface area contributed by atoms with E-state index >= 15 is 0 Å². The van der Waals surface area contributed by atoms with Crippen LogP contribution in [0.3, 0.4) is 0 Å². The maximum atomic E-state index is 8.68. The van der Waals surface area contributed by atoms with E-state index < -0.39 is 0 Å². The molecule has 10 heavy (non-hydrogen) atoms. The lowest BCUT2D eigenvalue weighted by atomic mass is 10.5. The Hall–Kier alpha value is -0.830. The molecule has 0 aliphatic heterocycles. The number of aliphatic hydroxyl groups is 1. The maximum absolute atomic E-state index is 8.68. The van der Waals surface area contributed by atoms with Gasteiger partial charge in [0.25, 0.3) is 0 Å². The van der Waals surface area contributed by atoms with Crippen LogP contribution in [0.4, 0.5) is 0 Å². The number of imidazole rings is 1. The molecule has 1 aromatic rings. The van der Waals surface area contributed by atoms with Crippen LogP contribution < -0.4 is 0 Å². The Morgan fingerprint density at radius 1 is 1.70 bits per heavy atom. The van der Waals surface area contributed by atoms with E-state index in [1.165, 1.54) is 12.8 Å². The summed E-state index contributed by atoms with van der Waals surface area (Å²) in [5.41, 5.74) is 0.770. The van der Waals surface area contributed by atoms with Crippen LogP contribution in [0.2, 0.25) is 0 Å². The van der Waals surface area contributed by atoms with Gasteiger partial charge in [-0.15, -0.1) is 0 Å². The molecule has 0 atom stereocenters. The Kier molecular flexibility index (Phi) is 1.24. The van der Waals surface area contributed by atoms with Gasteiger partial charge in [-0.1, -0.05) is 0 Å². The standard InChI is InChI=1S/C7H10N2O/c10-4-6-3-9(5-8-6)7-1-2-7/h3,5,7,10H,1-2,4H2. The molecule has 1 fully saturated rings. The van der Waals surface area contributed by atoms with Gasteiger partial charge in [0.2, 0.25) is 0 Å². The van der Waals surface area contributed by atoms with E-state index in [2.05, 4.69) is 9.55 Å². The normalized spacial score (nSPS) is 17.7. The SMILES string of the molecule is OCc1cn(C2CC2)cn1. The number of nitrogens with zero attached hydrogens (tertiary/aromatic N) is 2. The zero-order chi connectivity index (χ0) is 6.97. The summed E-state index contributed by atoms with van der Waals surface area (Å²) in [5.74, 6) is 0. The molecule has 1 saturated carbocycles. The van der Waals surface area contributed by atoms with Gasteiger partial charge in [0.05, 0.1) is 18.6 Å². The smallest absolute Gasteiger partial charge is 0.0953 e. The van der Waals surface area contributed by atoms with E-state index in [0.717, 1.165) is 5.69 Å². The first-order valence-corrected chi connectivity index (χ1v) is 3.53. The Labute approximate surface area is 59.3 Å². The second kappa shape index (κ2) is 2.09. The van der Waals surface area contributed by atoms with E-state index in [9.17, 15) is 0 Å². The Bertz CT molecular complexity index is 227. The van der Waals surface area contributed by atoms with Crippen molar-refractivity contribution in [2.75, 3.05) is 0 Å². The summed E-state index contributed by atoms with van der Waals surface area (Å²) in [5, 5.41) is 8.68. The molecule has 1 aliphatic rings. The number of aliphatic hydroxyl groups excluding tert-OH is 1. The summed E-state index contributed by atoms with van der Waals surface area (Å²) in [6.07, 6.45) is 6.24. The molecule has 0 aromatic carbocycles. The van der Waals surface area contributed by atoms with Crippen LogP contribution >= 0.6 is 0 Å². The molecule has 0 radical (unpaired) electrons. The van der Waals surface area contributed by atoms with E-state index in [1.54, 1.807) is 6.33 Å². The molecule has 0 unspecified atom stereocenters. The fraction of sp³-hybridized carbons (Fsp3) is 0.571. The molecule has 1 heterocycles. The molecule has 3 nitrogen and oxygen atoms in total. The van der Waals surface area contributed by atoms with Gasteiger partial charge >= 0.3 is 0 Å². The molecular weight excluding hydrogens is 128 g/mol. The largest absolute Gasteiger partial charge is 0.390 e. The van der Waals surface area contributed by atoms with Crippen LogP contribution in [0.15, 0.2) is 12.5 Å². The minimum Gasteiger partial charge on any atom is -0.390 e. The van der Waals surface area contributed by atoms with Crippen LogP contribution in [0.25, 0.3) is 0 Å². The van der Waals surface area contributed by atoms with Crippen molar-refractivity contribution in [2.45, 2.75) is 25.5 Å². The quantitative estimate of drug-likeness (QED) is 0.653. The van der Waals surface area contributed by atoms with Crippen molar-refractivity contribution in [2.24, 2.45) is 0 Å². The lowest BCUT2D eigenvalue weighted by Gasteiger charge is -1.92. The van der Waals surface area contributed by atoms with Gasteiger partial charge in [-0.2, -0.15) is 0 Å². The van der Waals surface area contributed by atoms with Crippen molar-refractivity contribution < 1.29 is 5.11 Å². The first-order valence-electron chi connectivity index (χ1n) is 3.53. The average molecular weight is 138 g/mol. The lowest BCUT2D eigenvalue weighted by molar-refractivity contribution is 0.277. The Balaban J connectivity index is 2.19. The first-order chi connectivity index (χ1) is 4.90. The van der Waals surface area contributed by atoms with Crippen molar-refractivity contribution in [1.29, 1.82) is 0 Å². The second-order valence-corrected chi connectivity index (χ2v) is 2.70. The monoisotopic (exact) mass is 138 g/mol. The van der Waals surface area contributed by atoms with Gasteiger partial charge in [0, 0.05) is 12.2 Å². The van der Waals surface area contributed by atoms with Crippen LogP contribution in [0, 0.1) is 0 Å². The molecule has 1 aromatic heterocycles. The summed E-state index contributed by atoms with van der Waals surface area (Å²) in [7, 11) is 0. The summed E-state index contributed by atoms with van der Waals surface area (Å²) >= 11 is 0. The highest BCUT2D eigenvalue weighted by Gasteiger charge is 2.22. The highest BCUT2D eigenvalue weighted by atomic mass is 16.3. The molecule has 1 aliphatic carbocycles. The van der Waals surface area contributed by atoms with Crippen LogP contribution in [0.1, 0.15) is 24.6 Å². The Morgan fingerprint density at radius 3 is 3.00 bits per heavy atom. The third-order valence-electron chi connectivity index (χ3n) is 1.79. The van der Waals surface area contributed by atoms with E-state index in [1.807, 2.05) is 6.20 Å². The molecule has 3 heteroatoms. The lowest BCUT2D eigenvalue weighted by Crippen LogP contribution is -1.87. The van der Waals surface area contributed by atoms with E-state index in [4.69, 9.17) is 5.11 Å². The van der Waals surface area contributed by atoms with Crippen molar-refractivity contribution >= 4 is 0 Å². The van der Waals surface area contributed by atoms with Crippen molar-refractivity contribution in [1.82, 2.24) is 9.55 Å². The summed E-state index contributed by atoms with van der Waals surface area (Å²) in [6, 6.07) is 0.674. The third-order valence-corrected chi connectivity index (χ3v) is 1.79. The number of rotatable bonds is 2. The van der Waals surface area contributed by atoms with Gasteiger partial charge in [0.15, 0.2) is 0 Å². The molecule has 1 N–H and O–H groups in total. The fourth-order valence-corrected chi connectivity index (χ4v) is 1.03. The van der Waals surface area contributed by atoms with E-state index in [0.29, 0.717) is 6.04 Å². The average Bonchev–Trinajstić information content (AvgIpc) is 2.70. The fourth-order valence-electron chi connectivity index (χ4n) is 1.03. The molecule has 2 rings (SSSR count). The van der Waals surface area contributed by atoms with Crippen molar-refractivity contribution in [3.8, 4) is 0 Å². The number of aromatic nitrogens is 2. The summed E-state index contributed by atoms with van der Waals surface area (Å²) in [6.45, 7) is 0.0553. The van der Waals surface area contributed by atoms with Gasteiger partial charge in [-0.05, 0) is 12.8 Å². The van der Waals surface area contributed by atoms with Crippen LogP contribution in [-0.4, -0.2) is 14.7 Å². The van der Waals surface area contributed by atoms with Gasteiger partial charge in [-0.3, -0.25) is 0 Å². The minimum absolute atomic E-state index is 0.0553. The second-order valence-electron chi connectivity index (χ2n) is 2.70. The number of hydrogen-bond acceptors (Lipinski definition) is 2. The zero-order valence-electron chi connectivity index (χ0n) is 5.70. The van der Waals surface area contributed by atoms with Gasteiger partial charge < -0.3 is 9.67 Å². The molecule has 0 spiro atoms. The predicted molar refractivity (Wildman–Crippen MR) is 36.4 cm³/mol. The molecule has 0 saturated heterocycles. The Morgan fingerprint density at radius 2 is 2.50 bits per heavy atom. The van der Waals surface area contributed by atoms with Gasteiger partial charge in [-0.25, -0.2) is 4.98 Å². The van der Waals surface area contributed by atoms with Crippen molar-refractivity contribution in [3.63, 3.8) is 0 Å². The van der Waals surface area contributed by atoms with Crippen LogP contribution in [0.5, 0.6) is 0 Å². The van der Waals surface area contributed by atoms with Crippen molar-refractivity contribution in [3.05, 3.63) is 18.2 Å². The topological polar surface area (TPSA) is 38.0 Å². The van der Waals surface area contributed by atoms with Crippen LogP contribution in [-0.2, 0) is 6.61 Å². The molecular formula is C7H10N2O. The van der Waals surface area contributed by atoms with E-state index in [-0.39, 0.29) is 6.61 Å². The predicted octanol–water partition coefficient (Wildman–Crippen LogP) is 0.710. The van der Waals surface area contributed by atoms with Gasteiger partial charge in [0.1, 0.15) is 0 Å². The zero-order valence-corrected chi connectivity index (χ0v) is 5.70. The minimum atomic E-state index is 0.0553. The molecule has 0 bridgehead atoms. The molecule has 54 valence electrons. The summed E-state index contributed by atoms with van der Waals surface area (Å²) < 4.78 is 2.07. The first kappa shape index (κ1) is 5.92. The maximum Gasteiger partial charge on any atom is 0.0953 e. The molecule has 0 amide bonds. The third kappa shape index (κ3) is 0.926. The summed E-state index contributed by atoms with van der Waals surface area (Å²) in [4.78, 5) is 4.01. The highest BCUT2D eigenvalue weighted by molar-refractivity contribution is 4.98. The highest BCUT2D eigenvalue weighted by Crippen LogP contribution is 2.34. The number of hydrogen-bond donors (Lipinski definition) is 1.